The van der Waals surface area contributed by atoms with Crippen LogP contribution < -0.4 is 14.8 Å². The zero-order valence-corrected chi connectivity index (χ0v) is 15.7. The smallest absolute Gasteiger partial charge is 0.337 e. The summed E-state index contributed by atoms with van der Waals surface area (Å²) in [5.41, 5.74) is 1.82. The zero-order chi connectivity index (χ0) is 19.6. The molecule has 0 aliphatic carbocycles. The lowest BCUT2D eigenvalue weighted by Crippen LogP contribution is -2.08. The van der Waals surface area contributed by atoms with Crippen LogP contribution in [0, 0.1) is 0 Å². The Kier molecular flexibility index (Phi) is 7.43. The van der Waals surface area contributed by atoms with Crippen molar-refractivity contribution in [3.05, 3.63) is 59.7 Å². The summed E-state index contributed by atoms with van der Waals surface area (Å²) in [6.45, 7) is 4.88. The van der Waals surface area contributed by atoms with Gasteiger partial charge in [-0.2, -0.15) is 0 Å². The second-order valence-corrected chi connectivity index (χ2v) is 5.46. The number of methoxy groups -OCH3 is 1. The molecule has 0 heterocycles. The minimum atomic E-state index is -0.423. The largest absolute Gasteiger partial charge is 0.490 e. The van der Waals surface area contributed by atoms with Gasteiger partial charge in [0.05, 0.1) is 25.9 Å². The number of esters is 1. The van der Waals surface area contributed by atoms with Crippen LogP contribution in [0.3, 0.4) is 0 Å². The summed E-state index contributed by atoms with van der Waals surface area (Å²) in [4.78, 5) is 23.5. The molecule has 0 aliphatic rings. The van der Waals surface area contributed by atoms with E-state index >= 15 is 0 Å². The number of carbonyl (C=O) groups excluding carboxylic acids is 2. The third kappa shape index (κ3) is 5.88. The van der Waals surface area contributed by atoms with E-state index in [-0.39, 0.29) is 5.91 Å². The molecule has 0 bridgehead atoms. The lowest BCUT2D eigenvalue weighted by Gasteiger charge is -2.11. The molecule has 0 radical (unpaired) electrons. The van der Waals surface area contributed by atoms with E-state index in [9.17, 15) is 9.59 Å². The second-order valence-electron chi connectivity index (χ2n) is 5.46. The monoisotopic (exact) mass is 369 g/mol. The van der Waals surface area contributed by atoms with Crippen LogP contribution in [0.5, 0.6) is 11.5 Å². The molecule has 0 spiro atoms. The van der Waals surface area contributed by atoms with Gasteiger partial charge in [-0.15, -0.1) is 0 Å². The summed E-state index contributed by atoms with van der Waals surface area (Å²) < 4.78 is 15.7. The van der Waals surface area contributed by atoms with Crippen LogP contribution in [-0.4, -0.2) is 32.2 Å². The number of nitrogens with one attached hydrogen (secondary N) is 1. The maximum Gasteiger partial charge on any atom is 0.337 e. The molecule has 0 saturated carbocycles. The van der Waals surface area contributed by atoms with Crippen molar-refractivity contribution in [3.63, 3.8) is 0 Å². The van der Waals surface area contributed by atoms with Gasteiger partial charge in [0.2, 0.25) is 5.91 Å². The molecule has 6 heteroatoms. The average Bonchev–Trinajstić information content (AvgIpc) is 2.68. The Bertz CT molecular complexity index is 812. The van der Waals surface area contributed by atoms with Crippen molar-refractivity contribution in [1.82, 2.24) is 0 Å². The number of ether oxygens (including phenoxy) is 3. The summed E-state index contributed by atoms with van der Waals surface area (Å²) in [5.74, 6) is 0.605. The van der Waals surface area contributed by atoms with E-state index in [2.05, 4.69) is 10.1 Å². The molecule has 0 unspecified atom stereocenters. The summed E-state index contributed by atoms with van der Waals surface area (Å²) >= 11 is 0. The SMILES string of the molecule is CCOc1ccc(/C=C/C(=O)Nc2ccc(C(=O)OC)cc2)cc1OCC. The summed E-state index contributed by atoms with van der Waals surface area (Å²) in [6, 6.07) is 11.9. The molecule has 27 heavy (non-hydrogen) atoms. The van der Waals surface area contributed by atoms with Gasteiger partial charge in [0.25, 0.3) is 0 Å². The van der Waals surface area contributed by atoms with Crippen molar-refractivity contribution in [1.29, 1.82) is 0 Å². The predicted octanol–water partition coefficient (Wildman–Crippen LogP) is 3.92. The molecule has 6 nitrogen and oxygen atoms in total. The van der Waals surface area contributed by atoms with Gasteiger partial charge in [0.15, 0.2) is 11.5 Å². The fraction of sp³-hybridized carbons (Fsp3) is 0.238. The van der Waals surface area contributed by atoms with Gasteiger partial charge in [-0.05, 0) is 61.9 Å². The van der Waals surface area contributed by atoms with Gasteiger partial charge in [-0.25, -0.2) is 4.79 Å². The van der Waals surface area contributed by atoms with Crippen LogP contribution in [-0.2, 0) is 9.53 Å². The zero-order valence-electron chi connectivity index (χ0n) is 15.7. The maximum atomic E-state index is 12.1. The summed E-state index contributed by atoms with van der Waals surface area (Å²) in [6.07, 6.45) is 3.12. The third-order valence-electron chi connectivity index (χ3n) is 3.57. The third-order valence-corrected chi connectivity index (χ3v) is 3.57. The second kappa shape index (κ2) is 10.0. The van der Waals surface area contributed by atoms with Gasteiger partial charge in [-0.3, -0.25) is 4.79 Å². The van der Waals surface area contributed by atoms with Crippen LogP contribution in [0.25, 0.3) is 6.08 Å². The Labute approximate surface area is 158 Å². The first-order valence-electron chi connectivity index (χ1n) is 8.64. The number of rotatable bonds is 8. The molecule has 0 atom stereocenters. The minimum Gasteiger partial charge on any atom is -0.490 e. The first-order valence-corrected chi connectivity index (χ1v) is 8.64. The Morgan fingerprint density at radius 1 is 0.963 bits per heavy atom. The normalized spacial score (nSPS) is 10.5. The molecule has 0 aliphatic heterocycles. The number of carbonyl (C=O) groups is 2. The highest BCUT2D eigenvalue weighted by Crippen LogP contribution is 2.29. The van der Waals surface area contributed by atoms with E-state index in [4.69, 9.17) is 9.47 Å². The lowest BCUT2D eigenvalue weighted by atomic mass is 10.2. The molecule has 2 rings (SSSR count). The van der Waals surface area contributed by atoms with Crippen LogP contribution in [0.2, 0.25) is 0 Å². The standard InChI is InChI=1S/C21H23NO5/c1-4-26-18-12-6-15(14-19(18)27-5-2)7-13-20(23)22-17-10-8-16(9-11-17)21(24)25-3/h6-14H,4-5H2,1-3H3,(H,22,23)/b13-7+. The van der Waals surface area contributed by atoms with Crippen molar-refractivity contribution in [3.8, 4) is 11.5 Å². The number of hydrogen-bond donors (Lipinski definition) is 1. The van der Waals surface area contributed by atoms with E-state index < -0.39 is 5.97 Å². The topological polar surface area (TPSA) is 73.9 Å². The Hall–Kier alpha value is -3.28. The predicted molar refractivity (Wildman–Crippen MR) is 104 cm³/mol. The van der Waals surface area contributed by atoms with Crippen molar-refractivity contribution < 1.29 is 23.8 Å². The first-order chi connectivity index (χ1) is 13.1. The lowest BCUT2D eigenvalue weighted by molar-refractivity contribution is -0.111. The molecular formula is C21H23NO5. The molecule has 0 saturated heterocycles. The van der Waals surface area contributed by atoms with E-state index in [0.29, 0.717) is 36.0 Å². The Morgan fingerprint density at radius 3 is 2.26 bits per heavy atom. The van der Waals surface area contributed by atoms with Gasteiger partial charge < -0.3 is 19.5 Å². The number of benzene rings is 2. The molecule has 1 N–H and O–H groups in total. The molecule has 0 fully saturated rings. The summed E-state index contributed by atoms with van der Waals surface area (Å²) in [5, 5.41) is 2.73. The number of amides is 1. The van der Waals surface area contributed by atoms with E-state index in [1.165, 1.54) is 13.2 Å². The van der Waals surface area contributed by atoms with Crippen LogP contribution in [0.15, 0.2) is 48.5 Å². The van der Waals surface area contributed by atoms with E-state index in [1.807, 2.05) is 32.0 Å². The quantitative estimate of drug-likeness (QED) is 0.564. The van der Waals surface area contributed by atoms with Crippen LogP contribution >= 0.6 is 0 Å². The van der Waals surface area contributed by atoms with Crippen molar-refractivity contribution in [2.75, 3.05) is 25.6 Å². The Balaban J connectivity index is 2.03. The van der Waals surface area contributed by atoms with Crippen LogP contribution in [0.1, 0.15) is 29.8 Å². The van der Waals surface area contributed by atoms with E-state index in [0.717, 1.165) is 5.56 Å². The van der Waals surface area contributed by atoms with E-state index in [1.54, 1.807) is 30.3 Å². The molecule has 1 amide bonds. The van der Waals surface area contributed by atoms with Crippen molar-refractivity contribution in [2.24, 2.45) is 0 Å². The molecule has 2 aromatic carbocycles. The molecule has 142 valence electrons. The number of hydrogen-bond acceptors (Lipinski definition) is 5. The maximum absolute atomic E-state index is 12.1. The highest BCUT2D eigenvalue weighted by molar-refractivity contribution is 6.02. The molecule has 0 aromatic heterocycles. The Morgan fingerprint density at radius 2 is 1.63 bits per heavy atom. The number of anilines is 1. The molecular weight excluding hydrogens is 346 g/mol. The summed E-state index contributed by atoms with van der Waals surface area (Å²) in [7, 11) is 1.32. The highest BCUT2D eigenvalue weighted by Gasteiger charge is 2.06. The van der Waals surface area contributed by atoms with Crippen molar-refractivity contribution >= 4 is 23.6 Å². The fourth-order valence-corrected chi connectivity index (χ4v) is 2.33. The van der Waals surface area contributed by atoms with Gasteiger partial charge >= 0.3 is 5.97 Å². The molecule has 2 aromatic rings. The fourth-order valence-electron chi connectivity index (χ4n) is 2.33. The van der Waals surface area contributed by atoms with Gasteiger partial charge in [0, 0.05) is 11.8 Å². The highest BCUT2D eigenvalue weighted by atomic mass is 16.5. The van der Waals surface area contributed by atoms with Crippen molar-refractivity contribution in [2.45, 2.75) is 13.8 Å². The van der Waals surface area contributed by atoms with Gasteiger partial charge in [0.1, 0.15) is 0 Å². The first kappa shape index (κ1) is 20.0. The van der Waals surface area contributed by atoms with Gasteiger partial charge in [-0.1, -0.05) is 6.07 Å². The van der Waals surface area contributed by atoms with Crippen LogP contribution in [0.4, 0.5) is 5.69 Å². The minimum absolute atomic E-state index is 0.285. The average molecular weight is 369 g/mol.